The van der Waals surface area contributed by atoms with Gasteiger partial charge in [-0.15, -0.1) is 0 Å². The molecule has 0 spiro atoms. The molecule has 0 saturated carbocycles. The molecule has 6 nitrogen and oxygen atoms in total. The van der Waals surface area contributed by atoms with Crippen molar-refractivity contribution in [2.45, 2.75) is 20.3 Å². The third-order valence-corrected chi connectivity index (χ3v) is 2.66. The molecular formula is C14H15F2N3O3. The highest BCUT2D eigenvalue weighted by molar-refractivity contribution is 6.04. The van der Waals surface area contributed by atoms with Crippen LogP contribution in [0.1, 0.15) is 17.3 Å². The Morgan fingerprint density at radius 1 is 1.36 bits per heavy atom. The number of ether oxygens (including phenoxy) is 2. The average Bonchev–Trinajstić information content (AvgIpc) is 2.92. The second kappa shape index (κ2) is 7.51. The lowest BCUT2D eigenvalue weighted by Crippen LogP contribution is -2.11. The fourth-order valence-corrected chi connectivity index (χ4v) is 1.67. The third kappa shape index (κ3) is 4.52. The predicted octanol–water partition coefficient (Wildman–Crippen LogP) is 2.73. The summed E-state index contributed by atoms with van der Waals surface area (Å²) in [6.07, 6.45) is 3.12. The van der Waals surface area contributed by atoms with E-state index < -0.39 is 6.61 Å². The van der Waals surface area contributed by atoms with E-state index >= 15 is 0 Å². The van der Waals surface area contributed by atoms with E-state index in [1.165, 1.54) is 30.5 Å². The van der Waals surface area contributed by atoms with Gasteiger partial charge in [-0.1, -0.05) is 0 Å². The lowest BCUT2D eigenvalue weighted by molar-refractivity contribution is -0.0498. The molecular weight excluding hydrogens is 296 g/mol. The molecule has 118 valence electrons. The van der Waals surface area contributed by atoms with E-state index in [-0.39, 0.29) is 11.7 Å². The van der Waals surface area contributed by atoms with Crippen LogP contribution in [0.25, 0.3) is 0 Å². The Bertz CT molecular complexity index is 614. The van der Waals surface area contributed by atoms with Gasteiger partial charge in [0, 0.05) is 12.2 Å². The van der Waals surface area contributed by atoms with Crippen LogP contribution in [0.15, 0.2) is 36.7 Å². The van der Waals surface area contributed by atoms with E-state index in [1.807, 2.05) is 6.92 Å². The maximum absolute atomic E-state index is 12.0. The Morgan fingerprint density at radius 3 is 2.73 bits per heavy atom. The number of hydrogen-bond acceptors (Lipinski definition) is 4. The average molecular weight is 311 g/mol. The number of halogens is 2. The summed E-state index contributed by atoms with van der Waals surface area (Å²) in [5.74, 6) is -0.379. The molecule has 0 fully saturated rings. The number of alkyl halides is 2. The van der Waals surface area contributed by atoms with Crippen molar-refractivity contribution in [3.63, 3.8) is 0 Å². The van der Waals surface area contributed by atoms with E-state index in [2.05, 4.69) is 15.2 Å². The van der Waals surface area contributed by atoms with E-state index in [9.17, 15) is 13.6 Å². The number of carbonyl (C=O) groups excluding carboxylic acids is 1. The standard InChI is InChI=1S/C14H15F2N3O3/c1-2-21-9-19-8-11(7-17-19)18-13(20)10-3-5-12(6-4-10)22-14(15)16/h3-8,14H,2,9H2,1H3,(H,18,20). The highest BCUT2D eigenvalue weighted by Gasteiger charge is 2.09. The lowest BCUT2D eigenvalue weighted by Gasteiger charge is -2.06. The maximum Gasteiger partial charge on any atom is 0.387 e. The maximum atomic E-state index is 12.0. The van der Waals surface area contributed by atoms with Crippen LogP contribution >= 0.6 is 0 Å². The summed E-state index contributed by atoms with van der Waals surface area (Å²) in [6.45, 7) is -0.162. The molecule has 8 heteroatoms. The van der Waals surface area contributed by atoms with Gasteiger partial charge in [0.1, 0.15) is 12.5 Å². The molecule has 0 bridgehead atoms. The molecule has 1 N–H and O–H groups in total. The Kier molecular flexibility index (Phi) is 5.42. The largest absolute Gasteiger partial charge is 0.435 e. The van der Waals surface area contributed by atoms with E-state index in [1.54, 1.807) is 10.9 Å². The second-order valence-corrected chi connectivity index (χ2v) is 4.25. The number of carbonyl (C=O) groups is 1. The van der Waals surface area contributed by atoms with Crippen molar-refractivity contribution in [2.24, 2.45) is 0 Å². The first kappa shape index (κ1) is 15.9. The number of rotatable bonds is 7. The van der Waals surface area contributed by atoms with Gasteiger partial charge in [0.2, 0.25) is 0 Å². The highest BCUT2D eigenvalue weighted by Crippen LogP contribution is 2.16. The number of benzene rings is 1. The summed E-state index contributed by atoms with van der Waals surface area (Å²) >= 11 is 0. The molecule has 0 aliphatic carbocycles. The molecule has 1 aromatic carbocycles. The monoisotopic (exact) mass is 311 g/mol. The van der Waals surface area contributed by atoms with Crippen LogP contribution in [-0.4, -0.2) is 28.9 Å². The van der Waals surface area contributed by atoms with Gasteiger partial charge < -0.3 is 14.8 Å². The molecule has 1 amide bonds. The van der Waals surface area contributed by atoms with Crippen molar-refractivity contribution < 1.29 is 23.0 Å². The van der Waals surface area contributed by atoms with Crippen molar-refractivity contribution in [2.75, 3.05) is 11.9 Å². The van der Waals surface area contributed by atoms with Gasteiger partial charge in [0.25, 0.3) is 5.91 Å². The Hall–Kier alpha value is -2.48. The van der Waals surface area contributed by atoms with Crippen molar-refractivity contribution in [1.29, 1.82) is 0 Å². The van der Waals surface area contributed by atoms with Crippen molar-refractivity contribution in [3.05, 3.63) is 42.2 Å². The zero-order valence-electron chi connectivity index (χ0n) is 11.8. The minimum atomic E-state index is -2.89. The van der Waals surface area contributed by atoms with Crippen LogP contribution in [0.5, 0.6) is 5.75 Å². The van der Waals surface area contributed by atoms with Gasteiger partial charge in [-0.25, -0.2) is 4.68 Å². The number of nitrogens with zero attached hydrogens (tertiary/aromatic N) is 2. The normalized spacial score (nSPS) is 10.7. The summed E-state index contributed by atoms with van der Waals surface area (Å²) < 4.78 is 35.0. The zero-order chi connectivity index (χ0) is 15.9. The molecule has 0 radical (unpaired) electrons. The van der Waals surface area contributed by atoms with E-state index in [4.69, 9.17) is 4.74 Å². The quantitative estimate of drug-likeness (QED) is 0.854. The highest BCUT2D eigenvalue weighted by atomic mass is 19.3. The van der Waals surface area contributed by atoms with Crippen LogP contribution in [0.4, 0.5) is 14.5 Å². The first-order chi connectivity index (χ1) is 10.6. The number of hydrogen-bond donors (Lipinski definition) is 1. The fourth-order valence-electron chi connectivity index (χ4n) is 1.67. The molecule has 0 atom stereocenters. The summed E-state index contributed by atoms with van der Waals surface area (Å²) in [5, 5.41) is 6.67. The minimum absolute atomic E-state index is 0.00363. The molecule has 1 aromatic heterocycles. The molecule has 22 heavy (non-hydrogen) atoms. The molecule has 2 rings (SSSR count). The molecule has 2 aromatic rings. The van der Waals surface area contributed by atoms with Gasteiger partial charge in [-0.05, 0) is 31.2 Å². The van der Waals surface area contributed by atoms with Gasteiger partial charge >= 0.3 is 6.61 Å². The summed E-state index contributed by atoms with van der Waals surface area (Å²) in [5.41, 5.74) is 0.830. The van der Waals surface area contributed by atoms with Gasteiger partial charge in [0.05, 0.1) is 18.1 Å². The topological polar surface area (TPSA) is 65.4 Å². The second-order valence-electron chi connectivity index (χ2n) is 4.25. The summed E-state index contributed by atoms with van der Waals surface area (Å²) in [4.78, 5) is 12.0. The lowest BCUT2D eigenvalue weighted by atomic mass is 10.2. The molecule has 0 saturated heterocycles. The summed E-state index contributed by atoms with van der Waals surface area (Å²) in [7, 11) is 0. The van der Waals surface area contributed by atoms with Gasteiger partial charge in [0.15, 0.2) is 0 Å². The first-order valence-electron chi connectivity index (χ1n) is 6.55. The van der Waals surface area contributed by atoms with Crippen molar-refractivity contribution >= 4 is 11.6 Å². The van der Waals surface area contributed by atoms with E-state index in [0.29, 0.717) is 24.6 Å². The van der Waals surface area contributed by atoms with Crippen molar-refractivity contribution in [1.82, 2.24) is 9.78 Å². The summed E-state index contributed by atoms with van der Waals surface area (Å²) in [6, 6.07) is 5.41. The third-order valence-electron chi connectivity index (χ3n) is 2.66. The molecule has 1 heterocycles. The van der Waals surface area contributed by atoms with Gasteiger partial charge in [-0.2, -0.15) is 13.9 Å². The zero-order valence-corrected chi connectivity index (χ0v) is 11.8. The van der Waals surface area contributed by atoms with Crippen LogP contribution in [0.3, 0.4) is 0 Å². The van der Waals surface area contributed by atoms with Crippen molar-refractivity contribution in [3.8, 4) is 5.75 Å². The number of amides is 1. The number of nitrogens with one attached hydrogen (secondary N) is 1. The first-order valence-corrected chi connectivity index (χ1v) is 6.55. The Morgan fingerprint density at radius 2 is 2.09 bits per heavy atom. The fraction of sp³-hybridized carbons (Fsp3) is 0.286. The molecule has 0 aliphatic heterocycles. The van der Waals surface area contributed by atoms with Crippen LogP contribution in [0, 0.1) is 0 Å². The van der Waals surface area contributed by atoms with Crippen LogP contribution in [-0.2, 0) is 11.5 Å². The van der Waals surface area contributed by atoms with Gasteiger partial charge in [-0.3, -0.25) is 4.79 Å². The van der Waals surface area contributed by atoms with Crippen LogP contribution in [0.2, 0.25) is 0 Å². The SMILES string of the molecule is CCOCn1cc(NC(=O)c2ccc(OC(F)F)cc2)cn1. The Balaban J connectivity index is 1.95. The smallest absolute Gasteiger partial charge is 0.387 e. The minimum Gasteiger partial charge on any atom is -0.435 e. The molecule has 0 unspecified atom stereocenters. The molecule has 0 aliphatic rings. The predicted molar refractivity (Wildman–Crippen MR) is 74.9 cm³/mol. The van der Waals surface area contributed by atoms with Crippen LogP contribution < -0.4 is 10.1 Å². The number of anilines is 1. The Labute approximate surface area is 125 Å². The number of aromatic nitrogens is 2. The van der Waals surface area contributed by atoms with E-state index in [0.717, 1.165) is 0 Å².